The van der Waals surface area contributed by atoms with Gasteiger partial charge in [0.2, 0.25) is 0 Å². The van der Waals surface area contributed by atoms with Crippen molar-refractivity contribution in [3.05, 3.63) is 0 Å². The van der Waals surface area contributed by atoms with Crippen LogP contribution in [0.3, 0.4) is 0 Å². The normalized spacial score (nSPS) is 39.2. The van der Waals surface area contributed by atoms with E-state index in [1.807, 2.05) is 13.8 Å². The second-order valence-corrected chi connectivity index (χ2v) is 4.08. The first-order chi connectivity index (χ1) is 6.29. The molecule has 2 fully saturated rings. The van der Waals surface area contributed by atoms with E-state index < -0.39 is 0 Å². The number of rotatable bonds is 0. The van der Waals surface area contributed by atoms with Gasteiger partial charge in [-0.15, -0.1) is 0 Å². The first-order valence-electron chi connectivity index (χ1n) is 5.76. The van der Waals surface area contributed by atoms with E-state index in [1.165, 1.54) is 32.1 Å². The van der Waals surface area contributed by atoms with Crippen LogP contribution in [-0.2, 0) is 0 Å². The van der Waals surface area contributed by atoms with E-state index in [-0.39, 0.29) is 0 Å². The molecule has 0 aromatic heterocycles. The molecule has 78 valence electrons. The molecule has 0 bridgehead atoms. The van der Waals surface area contributed by atoms with Gasteiger partial charge in [-0.2, -0.15) is 0 Å². The molecule has 0 aromatic carbocycles. The molecule has 2 nitrogen and oxygen atoms in total. The molecule has 0 radical (unpaired) electrons. The molecule has 3 unspecified atom stereocenters. The molecule has 0 aromatic rings. The molecule has 2 heteroatoms. The predicted molar refractivity (Wildman–Crippen MR) is 57.4 cm³/mol. The summed E-state index contributed by atoms with van der Waals surface area (Å²) >= 11 is 0. The summed E-state index contributed by atoms with van der Waals surface area (Å²) in [6, 6.07) is 0.818. The van der Waals surface area contributed by atoms with Crippen LogP contribution in [0.15, 0.2) is 0 Å². The number of hydrogen-bond donors (Lipinski definition) is 1. The first kappa shape index (κ1) is 11.0. The minimum absolute atomic E-state index is 0.350. The molecule has 2 N–H and O–H groups in total. The van der Waals surface area contributed by atoms with Gasteiger partial charge in [0.1, 0.15) is 0 Å². The Bertz CT molecular complexity index is 147. The summed E-state index contributed by atoms with van der Waals surface area (Å²) in [5.74, 6) is 0.920. The van der Waals surface area contributed by atoms with Crippen LogP contribution in [0.5, 0.6) is 0 Å². The lowest BCUT2D eigenvalue weighted by atomic mass is 9.85. The average molecular weight is 184 g/mol. The Morgan fingerprint density at radius 3 is 2.38 bits per heavy atom. The maximum absolute atomic E-state index is 5.96. The largest absolute Gasteiger partial charge is 0.316 e. The van der Waals surface area contributed by atoms with Gasteiger partial charge >= 0.3 is 0 Å². The molecule has 1 saturated heterocycles. The summed E-state index contributed by atoms with van der Waals surface area (Å²) in [4.78, 5) is 2.38. The Morgan fingerprint density at radius 1 is 1.15 bits per heavy atom. The molecule has 2 rings (SSSR count). The Balaban J connectivity index is 0.000000396. The summed E-state index contributed by atoms with van der Waals surface area (Å²) in [6.07, 6.45) is 7.24. The Kier molecular flexibility index (Phi) is 4.20. The van der Waals surface area contributed by atoms with E-state index in [0.29, 0.717) is 6.17 Å². The van der Waals surface area contributed by atoms with Crippen molar-refractivity contribution in [1.82, 2.24) is 4.90 Å². The fourth-order valence-corrected chi connectivity index (χ4v) is 2.72. The fraction of sp³-hybridized carbons (Fsp3) is 1.00. The SMILES string of the molecule is CC.CN1C(N)CC2CCCCC21. The van der Waals surface area contributed by atoms with E-state index in [2.05, 4.69) is 11.9 Å². The molecule has 1 heterocycles. The second kappa shape index (κ2) is 4.97. The van der Waals surface area contributed by atoms with Crippen LogP contribution < -0.4 is 5.73 Å². The van der Waals surface area contributed by atoms with Gasteiger partial charge in [-0.1, -0.05) is 26.7 Å². The highest BCUT2D eigenvalue weighted by atomic mass is 15.3. The molecule has 1 aliphatic carbocycles. The van der Waals surface area contributed by atoms with Crippen molar-refractivity contribution in [2.45, 2.75) is 58.2 Å². The van der Waals surface area contributed by atoms with Gasteiger partial charge in [-0.3, -0.25) is 4.90 Å². The van der Waals surface area contributed by atoms with Crippen LogP contribution in [0.4, 0.5) is 0 Å². The highest BCUT2D eigenvalue weighted by Crippen LogP contribution is 2.36. The number of likely N-dealkylation sites (tertiary alicyclic amines) is 1. The van der Waals surface area contributed by atoms with E-state index in [1.54, 1.807) is 0 Å². The molecule has 2 aliphatic rings. The lowest BCUT2D eigenvalue weighted by molar-refractivity contribution is 0.188. The molecule has 13 heavy (non-hydrogen) atoms. The zero-order valence-corrected chi connectivity index (χ0v) is 9.29. The quantitative estimate of drug-likeness (QED) is 0.625. The maximum Gasteiger partial charge on any atom is 0.0574 e. The van der Waals surface area contributed by atoms with Crippen LogP contribution in [0.25, 0.3) is 0 Å². The zero-order chi connectivity index (χ0) is 9.84. The summed E-state index contributed by atoms with van der Waals surface area (Å²) < 4.78 is 0. The number of nitrogens with zero attached hydrogens (tertiary/aromatic N) is 1. The third kappa shape index (κ3) is 2.23. The number of fused-ring (bicyclic) bond motifs is 1. The zero-order valence-electron chi connectivity index (χ0n) is 9.29. The van der Waals surface area contributed by atoms with Gasteiger partial charge in [0.15, 0.2) is 0 Å². The Labute approximate surface area is 82.5 Å². The summed E-state index contributed by atoms with van der Waals surface area (Å²) in [7, 11) is 2.18. The van der Waals surface area contributed by atoms with Crippen molar-refractivity contribution >= 4 is 0 Å². The molecule has 1 aliphatic heterocycles. The first-order valence-corrected chi connectivity index (χ1v) is 5.76. The molecular weight excluding hydrogens is 160 g/mol. The minimum Gasteiger partial charge on any atom is -0.316 e. The number of hydrogen-bond acceptors (Lipinski definition) is 2. The standard InChI is InChI=1S/C9H18N2.C2H6/c1-11-8-5-3-2-4-7(8)6-9(11)10;1-2/h7-9H,2-6,10H2,1H3;1-2H3. The van der Waals surface area contributed by atoms with E-state index in [0.717, 1.165) is 12.0 Å². The Hall–Kier alpha value is -0.0800. The van der Waals surface area contributed by atoms with Gasteiger partial charge in [-0.05, 0) is 32.2 Å². The molecule has 3 atom stereocenters. The predicted octanol–water partition coefficient (Wildman–Crippen LogP) is 2.19. The summed E-state index contributed by atoms with van der Waals surface area (Å²) in [5.41, 5.74) is 5.96. The van der Waals surface area contributed by atoms with Crippen LogP contribution in [0.1, 0.15) is 46.0 Å². The maximum atomic E-state index is 5.96. The molecular formula is C11H24N2. The molecule has 0 amide bonds. The lowest BCUT2D eigenvalue weighted by Crippen LogP contribution is -2.39. The van der Waals surface area contributed by atoms with Crippen LogP contribution in [0, 0.1) is 5.92 Å². The highest BCUT2D eigenvalue weighted by molar-refractivity contribution is 4.91. The van der Waals surface area contributed by atoms with Gasteiger partial charge in [0.05, 0.1) is 6.17 Å². The van der Waals surface area contributed by atoms with Crippen molar-refractivity contribution in [1.29, 1.82) is 0 Å². The number of nitrogens with two attached hydrogens (primary N) is 1. The second-order valence-electron chi connectivity index (χ2n) is 4.08. The van der Waals surface area contributed by atoms with Crippen LogP contribution in [-0.4, -0.2) is 24.2 Å². The molecule has 1 saturated carbocycles. The minimum atomic E-state index is 0.350. The fourth-order valence-electron chi connectivity index (χ4n) is 2.72. The van der Waals surface area contributed by atoms with Gasteiger partial charge in [-0.25, -0.2) is 0 Å². The third-order valence-electron chi connectivity index (χ3n) is 3.46. The summed E-state index contributed by atoms with van der Waals surface area (Å²) in [6.45, 7) is 4.00. The van der Waals surface area contributed by atoms with Crippen molar-refractivity contribution in [3.63, 3.8) is 0 Å². The highest BCUT2D eigenvalue weighted by Gasteiger charge is 2.37. The summed E-state index contributed by atoms with van der Waals surface area (Å²) in [5, 5.41) is 0. The topological polar surface area (TPSA) is 29.3 Å². The molecule has 0 spiro atoms. The van der Waals surface area contributed by atoms with Crippen molar-refractivity contribution in [2.75, 3.05) is 7.05 Å². The average Bonchev–Trinajstić information content (AvgIpc) is 2.47. The van der Waals surface area contributed by atoms with Crippen LogP contribution >= 0.6 is 0 Å². The van der Waals surface area contributed by atoms with E-state index in [4.69, 9.17) is 5.73 Å². The van der Waals surface area contributed by atoms with E-state index >= 15 is 0 Å². The van der Waals surface area contributed by atoms with Crippen molar-refractivity contribution in [2.24, 2.45) is 11.7 Å². The van der Waals surface area contributed by atoms with Gasteiger partial charge in [0, 0.05) is 6.04 Å². The van der Waals surface area contributed by atoms with E-state index in [9.17, 15) is 0 Å². The van der Waals surface area contributed by atoms with Crippen molar-refractivity contribution < 1.29 is 0 Å². The van der Waals surface area contributed by atoms with Gasteiger partial charge in [0.25, 0.3) is 0 Å². The van der Waals surface area contributed by atoms with Gasteiger partial charge < -0.3 is 5.73 Å². The van der Waals surface area contributed by atoms with Crippen molar-refractivity contribution in [3.8, 4) is 0 Å². The lowest BCUT2D eigenvalue weighted by Gasteiger charge is -2.29. The smallest absolute Gasteiger partial charge is 0.0574 e. The Morgan fingerprint density at radius 2 is 1.77 bits per heavy atom. The third-order valence-corrected chi connectivity index (χ3v) is 3.46. The monoisotopic (exact) mass is 184 g/mol. The van der Waals surface area contributed by atoms with Crippen LogP contribution in [0.2, 0.25) is 0 Å².